The number of carbonyl (C=O) groups excluding carboxylic acids is 1. The minimum atomic E-state index is -2.78. The first kappa shape index (κ1) is 23.6. The molecule has 178 valence electrons. The molecule has 0 radical (unpaired) electrons. The van der Waals surface area contributed by atoms with Crippen molar-refractivity contribution in [2.75, 3.05) is 32.9 Å². The number of rotatable bonds is 9. The third-order valence-corrected chi connectivity index (χ3v) is 6.01. The number of H-pyrrole nitrogens is 1. The van der Waals surface area contributed by atoms with E-state index in [-0.39, 0.29) is 23.2 Å². The van der Waals surface area contributed by atoms with E-state index >= 15 is 0 Å². The number of likely N-dealkylation sites (N-methyl/N-ethyl adjacent to an activating group) is 1. The first-order valence-electron chi connectivity index (χ1n) is 10.3. The molecule has 10 nitrogen and oxygen atoms in total. The average molecular weight is 488 g/mol. The highest BCUT2D eigenvalue weighted by atomic mass is 32.2. The Morgan fingerprint density at radius 2 is 2.12 bits per heavy atom. The summed E-state index contributed by atoms with van der Waals surface area (Å²) in [6.45, 7) is 1.12. The number of aromatic amines is 1. The van der Waals surface area contributed by atoms with Crippen LogP contribution >= 0.6 is 11.8 Å². The zero-order chi connectivity index (χ0) is 24.2. The summed E-state index contributed by atoms with van der Waals surface area (Å²) in [6, 6.07) is 8.37. The summed E-state index contributed by atoms with van der Waals surface area (Å²) in [7, 11) is 3.81. The molecule has 3 heterocycles. The van der Waals surface area contributed by atoms with Crippen LogP contribution in [0.2, 0.25) is 0 Å². The molecule has 3 aromatic heterocycles. The second-order valence-corrected chi connectivity index (χ2v) is 8.72. The van der Waals surface area contributed by atoms with E-state index < -0.39 is 6.43 Å². The van der Waals surface area contributed by atoms with Crippen LogP contribution in [-0.4, -0.2) is 68.2 Å². The molecular weight excluding hydrogens is 464 g/mol. The number of amides is 1. The lowest BCUT2D eigenvalue weighted by atomic mass is 10.1. The summed E-state index contributed by atoms with van der Waals surface area (Å²) in [6.07, 6.45) is -1.27. The van der Waals surface area contributed by atoms with Crippen molar-refractivity contribution in [1.82, 2.24) is 40.4 Å². The van der Waals surface area contributed by atoms with Crippen molar-refractivity contribution in [2.45, 2.75) is 17.1 Å². The fraction of sp³-hybridized carbons (Fsp3) is 0.286. The van der Waals surface area contributed by atoms with E-state index in [4.69, 9.17) is 5.73 Å². The van der Waals surface area contributed by atoms with Crippen molar-refractivity contribution in [2.24, 2.45) is 0 Å². The van der Waals surface area contributed by atoms with E-state index in [2.05, 4.69) is 30.8 Å². The van der Waals surface area contributed by atoms with Crippen molar-refractivity contribution in [1.29, 1.82) is 0 Å². The third kappa shape index (κ3) is 5.15. The van der Waals surface area contributed by atoms with Crippen LogP contribution in [0.4, 0.5) is 14.6 Å². The monoisotopic (exact) mass is 487 g/mol. The Labute approximate surface area is 197 Å². The van der Waals surface area contributed by atoms with Gasteiger partial charge in [0, 0.05) is 35.5 Å². The van der Waals surface area contributed by atoms with Crippen LogP contribution in [0.15, 0.2) is 41.4 Å². The maximum absolute atomic E-state index is 13.8. The van der Waals surface area contributed by atoms with Crippen LogP contribution < -0.4 is 11.1 Å². The van der Waals surface area contributed by atoms with Gasteiger partial charge in [0.15, 0.2) is 5.65 Å². The van der Waals surface area contributed by atoms with Crippen LogP contribution in [-0.2, 0) is 5.75 Å². The lowest BCUT2D eigenvalue weighted by Crippen LogP contribution is -2.31. The van der Waals surface area contributed by atoms with Gasteiger partial charge in [-0.2, -0.15) is 5.10 Å². The number of halogens is 2. The molecule has 4 rings (SSSR count). The topological polar surface area (TPSA) is 131 Å². The van der Waals surface area contributed by atoms with Crippen LogP contribution in [0, 0.1) is 0 Å². The highest BCUT2D eigenvalue weighted by Gasteiger charge is 2.22. The van der Waals surface area contributed by atoms with E-state index in [1.807, 2.05) is 19.0 Å². The van der Waals surface area contributed by atoms with Gasteiger partial charge in [-0.15, -0.1) is 16.9 Å². The van der Waals surface area contributed by atoms with Gasteiger partial charge in [-0.3, -0.25) is 4.79 Å². The van der Waals surface area contributed by atoms with E-state index in [1.165, 1.54) is 22.6 Å². The number of hydrogen-bond donors (Lipinski definition) is 3. The maximum atomic E-state index is 13.8. The second kappa shape index (κ2) is 10.1. The van der Waals surface area contributed by atoms with Crippen molar-refractivity contribution >= 4 is 34.7 Å². The van der Waals surface area contributed by atoms with Gasteiger partial charge in [0.05, 0.1) is 11.3 Å². The number of aromatic nitrogens is 6. The molecule has 0 aliphatic rings. The van der Waals surface area contributed by atoms with E-state index in [0.717, 1.165) is 0 Å². The summed E-state index contributed by atoms with van der Waals surface area (Å²) in [5.41, 5.74) is 7.48. The molecule has 0 fully saturated rings. The number of hydrogen-bond acceptors (Lipinski definition) is 8. The molecule has 0 aliphatic heterocycles. The molecule has 1 aromatic carbocycles. The van der Waals surface area contributed by atoms with Crippen LogP contribution in [0.25, 0.3) is 16.9 Å². The van der Waals surface area contributed by atoms with E-state index in [0.29, 0.717) is 46.0 Å². The molecule has 0 spiro atoms. The van der Waals surface area contributed by atoms with Gasteiger partial charge in [-0.25, -0.2) is 23.5 Å². The van der Waals surface area contributed by atoms with Gasteiger partial charge in [-0.1, -0.05) is 17.3 Å². The maximum Gasteiger partial charge on any atom is 0.282 e. The van der Waals surface area contributed by atoms with Crippen molar-refractivity contribution < 1.29 is 13.6 Å². The Hall–Kier alpha value is -3.58. The first-order chi connectivity index (χ1) is 16.3. The number of nitrogens with two attached hydrogens (primary N) is 1. The number of benzene rings is 1. The number of pyridine rings is 1. The molecule has 0 bridgehead atoms. The number of alkyl halides is 2. The molecular formula is C21H23F2N9OS. The lowest BCUT2D eigenvalue weighted by Gasteiger charge is -2.12. The Kier molecular flexibility index (Phi) is 7.03. The first-order valence-corrected chi connectivity index (χ1v) is 11.3. The Balaban J connectivity index is 1.61. The molecule has 0 unspecified atom stereocenters. The quantitative estimate of drug-likeness (QED) is 0.307. The van der Waals surface area contributed by atoms with Gasteiger partial charge >= 0.3 is 0 Å². The van der Waals surface area contributed by atoms with Crippen LogP contribution in [0.3, 0.4) is 0 Å². The number of thioether (sulfide) groups is 1. The number of anilines is 1. The van der Waals surface area contributed by atoms with Gasteiger partial charge < -0.3 is 16.0 Å². The molecule has 34 heavy (non-hydrogen) atoms. The molecule has 1 amide bonds. The van der Waals surface area contributed by atoms with Gasteiger partial charge in [0.2, 0.25) is 0 Å². The molecule has 0 aliphatic carbocycles. The standard InChI is InChI=1S/C21H23F2N9OS/c1-31(2)8-7-25-21(33)13-5-3-4-6-14(13)32-10-12(17(29-32)19(22)23)11-34-15-9-16(24)26-20-18(15)27-30-28-20/h3-6,9-10,19H,7-8,11H2,1-2H3,(H,25,33)(H3,24,26,27,28,30). The fourth-order valence-corrected chi connectivity index (χ4v) is 4.30. The van der Waals surface area contributed by atoms with Crippen molar-refractivity contribution in [3.63, 3.8) is 0 Å². The van der Waals surface area contributed by atoms with Gasteiger partial charge in [0.1, 0.15) is 17.0 Å². The summed E-state index contributed by atoms with van der Waals surface area (Å²) < 4.78 is 29.0. The minimum Gasteiger partial charge on any atom is -0.384 e. The number of nitrogen functional groups attached to an aromatic ring is 1. The Bertz CT molecular complexity index is 1300. The SMILES string of the molecule is CN(C)CCNC(=O)c1ccccc1-n1cc(CSc2cc(N)nc3[nH]nnc23)c(C(F)F)n1. The number of nitrogens with zero attached hydrogens (tertiary/aromatic N) is 6. The molecule has 4 N–H and O–H groups in total. The lowest BCUT2D eigenvalue weighted by molar-refractivity contribution is 0.0951. The predicted molar refractivity (Wildman–Crippen MR) is 125 cm³/mol. The van der Waals surface area contributed by atoms with Crippen LogP contribution in [0.1, 0.15) is 28.0 Å². The molecule has 0 atom stereocenters. The zero-order valence-corrected chi connectivity index (χ0v) is 19.3. The van der Waals surface area contributed by atoms with Crippen LogP contribution in [0.5, 0.6) is 0 Å². The number of para-hydroxylation sites is 1. The Morgan fingerprint density at radius 3 is 2.88 bits per heavy atom. The van der Waals surface area contributed by atoms with Crippen molar-refractivity contribution in [3.05, 3.63) is 53.3 Å². The smallest absolute Gasteiger partial charge is 0.282 e. The van der Waals surface area contributed by atoms with Gasteiger partial charge in [-0.05, 0) is 32.3 Å². The van der Waals surface area contributed by atoms with E-state index in [9.17, 15) is 13.6 Å². The normalized spacial score (nSPS) is 11.6. The van der Waals surface area contributed by atoms with E-state index in [1.54, 1.807) is 30.3 Å². The number of nitrogens with one attached hydrogen (secondary N) is 2. The Morgan fingerprint density at radius 1 is 1.32 bits per heavy atom. The number of carbonyl (C=O) groups is 1. The largest absolute Gasteiger partial charge is 0.384 e. The average Bonchev–Trinajstić information content (AvgIpc) is 3.44. The van der Waals surface area contributed by atoms with Gasteiger partial charge in [0.25, 0.3) is 12.3 Å². The third-order valence-electron chi connectivity index (χ3n) is 4.94. The fourth-order valence-electron chi connectivity index (χ4n) is 3.29. The highest BCUT2D eigenvalue weighted by molar-refractivity contribution is 7.98. The summed E-state index contributed by atoms with van der Waals surface area (Å²) in [5, 5.41) is 17.3. The van der Waals surface area contributed by atoms with Crippen molar-refractivity contribution in [3.8, 4) is 5.69 Å². The summed E-state index contributed by atoms with van der Waals surface area (Å²) in [4.78, 5) is 19.4. The molecule has 13 heteroatoms. The number of fused-ring (bicyclic) bond motifs is 1. The predicted octanol–water partition coefficient (Wildman–Crippen LogP) is 2.64. The highest BCUT2D eigenvalue weighted by Crippen LogP contribution is 2.32. The second-order valence-electron chi connectivity index (χ2n) is 7.70. The molecule has 0 saturated carbocycles. The summed E-state index contributed by atoms with van der Waals surface area (Å²) >= 11 is 1.27. The summed E-state index contributed by atoms with van der Waals surface area (Å²) in [5.74, 6) is 0.144. The minimum absolute atomic E-state index is 0.183. The zero-order valence-electron chi connectivity index (χ0n) is 18.5. The molecule has 4 aromatic rings. The molecule has 0 saturated heterocycles.